The second kappa shape index (κ2) is 16.1. The molecule has 43 heavy (non-hydrogen) atoms. The zero-order chi connectivity index (χ0) is 30.4. The van der Waals surface area contributed by atoms with E-state index in [9.17, 15) is 9.59 Å². The Balaban J connectivity index is 1.35. The summed E-state index contributed by atoms with van der Waals surface area (Å²) in [7, 11) is 4.79. The van der Waals surface area contributed by atoms with Crippen molar-refractivity contribution in [2.24, 2.45) is 0 Å². The molecule has 4 N–H and O–H groups in total. The average molecular weight is 601 g/mol. The number of amides is 2. The minimum atomic E-state index is -0.181. The van der Waals surface area contributed by atoms with Crippen LogP contribution in [0.1, 0.15) is 20.7 Å². The summed E-state index contributed by atoms with van der Waals surface area (Å²) in [5, 5.41) is 9.11. The standard InChI is InChI=1S/C33H36N4O5S/c1-40-19-18-36-32(38)25-9-6-8-23(20-25)24-14-15-30(42-3)31(21-24)43-37-27-11-7-10-26(22-27)34-16-17-35-33(39)28-12-4-5-13-29(28)41-2/h4-15,20-22,34,37H,16-19H2,1-3H3,(H,35,39)(H,36,38). The Hall–Kier alpha value is -4.67. The molecule has 4 aromatic rings. The fourth-order valence-electron chi connectivity index (χ4n) is 4.26. The van der Waals surface area contributed by atoms with Crippen molar-refractivity contribution in [3.8, 4) is 22.6 Å². The highest BCUT2D eigenvalue weighted by atomic mass is 32.2. The van der Waals surface area contributed by atoms with Crippen LogP contribution in [0.25, 0.3) is 11.1 Å². The SMILES string of the molecule is COCCNC(=O)c1cccc(-c2ccc(OC)c(SNc3cccc(NCCNC(=O)c4ccccc4OC)c3)c2)c1. The second-order valence-corrected chi connectivity index (χ2v) is 10.2. The van der Waals surface area contributed by atoms with E-state index in [2.05, 4.69) is 20.7 Å². The van der Waals surface area contributed by atoms with Gasteiger partial charge in [-0.2, -0.15) is 0 Å². The molecule has 224 valence electrons. The maximum Gasteiger partial charge on any atom is 0.255 e. The summed E-state index contributed by atoms with van der Waals surface area (Å²) in [6.07, 6.45) is 0. The first kappa shape index (κ1) is 31.3. The van der Waals surface area contributed by atoms with Crippen LogP contribution in [0.15, 0.2) is 95.9 Å². The number of methoxy groups -OCH3 is 3. The fourth-order valence-corrected chi connectivity index (χ4v) is 5.05. The molecule has 0 saturated carbocycles. The molecule has 0 aliphatic carbocycles. The van der Waals surface area contributed by atoms with Gasteiger partial charge in [-0.1, -0.05) is 36.4 Å². The molecule has 9 nitrogen and oxygen atoms in total. The van der Waals surface area contributed by atoms with Gasteiger partial charge >= 0.3 is 0 Å². The molecule has 0 heterocycles. The van der Waals surface area contributed by atoms with Gasteiger partial charge in [0.15, 0.2) is 0 Å². The van der Waals surface area contributed by atoms with Gasteiger partial charge in [-0.3, -0.25) is 9.59 Å². The quantitative estimate of drug-likeness (QED) is 0.102. The monoisotopic (exact) mass is 600 g/mol. The van der Waals surface area contributed by atoms with E-state index in [1.165, 1.54) is 11.9 Å². The van der Waals surface area contributed by atoms with Crippen molar-refractivity contribution in [1.29, 1.82) is 0 Å². The summed E-state index contributed by atoms with van der Waals surface area (Å²) >= 11 is 1.43. The van der Waals surface area contributed by atoms with E-state index in [1.807, 2.05) is 72.8 Å². The molecule has 0 aliphatic rings. The van der Waals surface area contributed by atoms with E-state index in [-0.39, 0.29) is 11.8 Å². The number of rotatable bonds is 15. The summed E-state index contributed by atoms with van der Waals surface area (Å²) < 4.78 is 19.3. The molecular weight excluding hydrogens is 564 g/mol. The Bertz CT molecular complexity index is 1530. The fraction of sp³-hybridized carbons (Fsp3) is 0.212. The molecule has 0 spiro atoms. The molecular formula is C33H36N4O5S. The Labute approximate surface area is 256 Å². The summed E-state index contributed by atoms with van der Waals surface area (Å²) in [5.41, 5.74) is 4.79. The van der Waals surface area contributed by atoms with Gasteiger partial charge < -0.3 is 34.9 Å². The van der Waals surface area contributed by atoms with Crippen molar-refractivity contribution in [3.63, 3.8) is 0 Å². The van der Waals surface area contributed by atoms with Crippen molar-refractivity contribution in [2.45, 2.75) is 4.90 Å². The molecule has 4 rings (SSSR count). The van der Waals surface area contributed by atoms with Crippen molar-refractivity contribution in [3.05, 3.63) is 102 Å². The first-order valence-electron chi connectivity index (χ1n) is 13.8. The zero-order valence-electron chi connectivity index (χ0n) is 24.4. The smallest absolute Gasteiger partial charge is 0.255 e. The Morgan fingerprint density at radius 2 is 1.42 bits per heavy atom. The lowest BCUT2D eigenvalue weighted by Gasteiger charge is -2.14. The molecule has 2 amide bonds. The van der Waals surface area contributed by atoms with Gasteiger partial charge in [0.25, 0.3) is 11.8 Å². The van der Waals surface area contributed by atoms with Gasteiger partial charge in [0.2, 0.25) is 0 Å². The molecule has 0 aromatic heterocycles. The predicted molar refractivity (Wildman–Crippen MR) is 172 cm³/mol. The van der Waals surface area contributed by atoms with Crippen LogP contribution in [0.2, 0.25) is 0 Å². The maximum absolute atomic E-state index is 12.5. The zero-order valence-corrected chi connectivity index (χ0v) is 25.3. The van der Waals surface area contributed by atoms with Crippen LogP contribution in [0.4, 0.5) is 11.4 Å². The van der Waals surface area contributed by atoms with Gasteiger partial charge in [0, 0.05) is 43.7 Å². The largest absolute Gasteiger partial charge is 0.496 e. The number of hydrogen-bond donors (Lipinski definition) is 4. The molecule has 0 fully saturated rings. The van der Waals surface area contributed by atoms with E-state index in [0.717, 1.165) is 33.1 Å². The molecule has 0 aliphatic heterocycles. The summed E-state index contributed by atoms with van der Waals surface area (Å²) in [6.45, 7) is 1.91. The van der Waals surface area contributed by atoms with Gasteiger partial charge in [-0.25, -0.2) is 0 Å². The number of para-hydroxylation sites is 1. The summed E-state index contributed by atoms with van der Waals surface area (Å²) in [5.74, 6) is 0.950. The van der Waals surface area contributed by atoms with Gasteiger partial charge in [0.1, 0.15) is 11.5 Å². The number of nitrogens with one attached hydrogen (secondary N) is 4. The minimum absolute atomic E-state index is 0.143. The molecule has 4 aromatic carbocycles. The van der Waals surface area contributed by atoms with Gasteiger partial charge in [-0.05, 0) is 77.7 Å². The lowest BCUT2D eigenvalue weighted by Crippen LogP contribution is -2.29. The van der Waals surface area contributed by atoms with E-state index in [1.54, 1.807) is 39.5 Å². The van der Waals surface area contributed by atoms with Crippen molar-refractivity contribution >= 4 is 35.1 Å². The lowest BCUT2D eigenvalue weighted by molar-refractivity contribution is 0.0933. The molecule has 0 atom stereocenters. The molecule has 0 unspecified atom stereocenters. The summed E-state index contributed by atoms with van der Waals surface area (Å²) in [6, 6.07) is 28.5. The van der Waals surface area contributed by atoms with E-state index in [0.29, 0.717) is 43.1 Å². The van der Waals surface area contributed by atoms with Crippen molar-refractivity contribution in [2.75, 3.05) is 57.6 Å². The first-order valence-corrected chi connectivity index (χ1v) is 14.6. The Morgan fingerprint density at radius 3 is 2.23 bits per heavy atom. The summed E-state index contributed by atoms with van der Waals surface area (Å²) in [4.78, 5) is 25.9. The van der Waals surface area contributed by atoms with Crippen molar-refractivity contribution in [1.82, 2.24) is 10.6 Å². The number of benzene rings is 4. The highest BCUT2D eigenvalue weighted by molar-refractivity contribution is 8.00. The minimum Gasteiger partial charge on any atom is -0.496 e. The van der Waals surface area contributed by atoms with Crippen LogP contribution < -0.4 is 30.1 Å². The molecule has 0 bridgehead atoms. The third-order valence-electron chi connectivity index (χ3n) is 6.45. The highest BCUT2D eigenvalue weighted by Gasteiger charge is 2.12. The van der Waals surface area contributed by atoms with Gasteiger partial charge in [-0.15, -0.1) is 0 Å². The van der Waals surface area contributed by atoms with Crippen molar-refractivity contribution < 1.29 is 23.8 Å². The first-order chi connectivity index (χ1) is 21.0. The van der Waals surface area contributed by atoms with Crippen LogP contribution >= 0.6 is 11.9 Å². The maximum atomic E-state index is 12.5. The average Bonchev–Trinajstić information content (AvgIpc) is 3.05. The Kier molecular flexibility index (Phi) is 11.7. The van der Waals surface area contributed by atoms with Crippen LogP contribution in [0.5, 0.6) is 11.5 Å². The Morgan fingerprint density at radius 1 is 0.674 bits per heavy atom. The van der Waals surface area contributed by atoms with Crippen LogP contribution in [0, 0.1) is 0 Å². The van der Waals surface area contributed by atoms with E-state index >= 15 is 0 Å². The highest BCUT2D eigenvalue weighted by Crippen LogP contribution is 2.35. The predicted octanol–water partition coefficient (Wildman–Crippen LogP) is 5.71. The van der Waals surface area contributed by atoms with E-state index < -0.39 is 0 Å². The van der Waals surface area contributed by atoms with Crippen LogP contribution in [-0.4, -0.2) is 59.4 Å². The normalized spacial score (nSPS) is 10.5. The number of carbonyl (C=O) groups is 2. The third kappa shape index (κ3) is 8.91. The molecule has 0 saturated heterocycles. The number of carbonyl (C=O) groups excluding carboxylic acids is 2. The van der Waals surface area contributed by atoms with E-state index in [4.69, 9.17) is 14.2 Å². The van der Waals surface area contributed by atoms with Crippen LogP contribution in [-0.2, 0) is 4.74 Å². The molecule has 0 radical (unpaired) electrons. The number of anilines is 2. The molecule has 10 heteroatoms. The number of ether oxygens (including phenoxy) is 3. The van der Waals surface area contributed by atoms with Gasteiger partial charge in [0.05, 0.1) is 31.3 Å². The third-order valence-corrected chi connectivity index (χ3v) is 7.32. The number of hydrogen-bond acceptors (Lipinski definition) is 8. The lowest BCUT2D eigenvalue weighted by atomic mass is 10.0. The second-order valence-electron chi connectivity index (χ2n) is 9.36. The van der Waals surface area contributed by atoms with Crippen LogP contribution in [0.3, 0.4) is 0 Å². The topological polar surface area (TPSA) is 110 Å².